The van der Waals surface area contributed by atoms with Gasteiger partial charge in [0.2, 0.25) is 0 Å². The van der Waals surface area contributed by atoms with E-state index >= 15 is 0 Å². The molecule has 104 valence electrons. The van der Waals surface area contributed by atoms with Crippen molar-refractivity contribution < 1.29 is 19.4 Å². The molecule has 0 bridgehead atoms. The summed E-state index contributed by atoms with van der Waals surface area (Å²) in [4.78, 5) is 23.1. The lowest BCUT2D eigenvalue weighted by molar-refractivity contribution is -0.146. The Morgan fingerprint density at radius 1 is 1.21 bits per heavy atom. The van der Waals surface area contributed by atoms with Gasteiger partial charge in [-0.1, -0.05) is 24.3 Å². The van der Waals surface area contributed by atoms with Gasteiger partial charge < -0.3 is 9.84 Å². The normalized spacial score (nSPS) is 11.2. The standard InChI is InChI=1S/C15H20O4/c1-15(2,14(18)19-3)12-6-4-11(5-7-12)10-13(17)8-9-16/h4-7,16H,8-10H2,1-3H3. The SMILES string of the molecule is COC(=O)C(C)(C)c1ccc(CC(=O)CCO)cc1. The molecule has 0 atom stereocenters. The number of benzene rings is 1. The summed E-state index contributed by atoms with van der Waals surface area (Å²) in [6.45, 7) is 3.47. The number of hydrogen-bond acceptors (Lipinski definition) is 4. The van der Waals surface area contributed by atoms with E-state index in [9.17, 15) is 9.59 Å². The van der Waals surface area contributed by atoms with Gasteiger partial charge in [-0.15, -0.1) is 0 Å². The predicted octanol–water partition coefficient (Wildman–Crippen LogP) is 1.63. The van der Waals surface area contributed by atoms with Crippen LogP contribution in [0, 0.1) is 0 Å². The Bertz CT molecular complexity index is 446. The molecule has 0 saturated carbocycles. The molecule has 0 radical (unpaired) electrons. The molecule has 1 aromatic rings. The Labute approximate surface area is 113 Å². The van der Waals surface area contributed by atoms with E-state index in [-0.39, 0.29) is 24.8 Å². The molecule has 1 aromatic carbocycles. The quantitative estimate of drug-likeness (QED) is 0.793. The summed E-state index contributed by atoms with van der Waals surface area (Å²) >= 11 is 0. The van der Waals surface area contributed by atoms with Gasteiger partial charge in [-0.25, -0.2) is 0 Å². The second kappa shape index (κ2) is 6.48. The molecular formula is C15H20O4. The second-order valence-electron chi connectivity index (χ2n) is 5.00. The number of aliphatic hydroxyl groups excluding tert-OH is 1. The Morgan fingerprint density at radius 3 is 2.26 bits per heavy atom. The predicted molar refractivity (Wildman–Crippen MR) is 71.9 cm³/mol. The summed E-state index contributed by atoms with van der Waals surface area (Å²) in [5, 5.41) is 8.68. The third-order valence-electron chi connectivity index (χ3n) is 3.16. The molecule has 19 heavy (non-hydrogen) atoms. The average Bonchev–Trinajstić information content (AvgIpc) is 2.38. The average molecular weight is 264 g/mol. The zero-order valence-corrected chi connectivity index (χ0v) is 11.6. The first-order chi connectivity index (χ1) is 8.91. The van der Waals surface area contributed by atoms with Crippen molar-refractivity contribution in [2.75, 3.05) is 13.7 Å². The highest BCUT2D eigenvalue weighted by molar-refractivity contribution is 5.82. The minimum Gasteiger partial charge on any atom is -0.468 e. The van der Waals surface area contributed by atoms with E-state index in [2.05, 4.69) is 0 Å². The maximum absolute atomic E-state index is 11.7. The number of ketones is 1. The number of carbonyl (C=O) groups is 2. The van der Waals surface area contributed by atoms with Crippen molar-refractivity contribution in [1.29, 1.82) is 0 Å². The maximum atomic E-state index is 11.7. The Kier molecular flexibility index (Phi) is 5.24. The van der Waals surface area contributed by atoms with Crippen LogP contribution in [0.2, 0.25) is 0 Å². The van der Waals surface area contributed by atoms with Crippen LogP contribution in [-0.4, -0.2) is 30.6 Å². The van der Waals surface area contributed by atoms with Gasteiger partial charge >= 0.3 is 5.97 Å². The monoisotopic (exact) mass is 264 g/mol. The molecule has 0 aliphatic rings. The molecule has 0 spiro atoms. The van der Waals surface area contributed by atoms with Crippen molar-refractivity contribution in [1.82, 2.24) is 0 Å². The zero-order chi connectivity index (χ0) is 14.5. The molecule has 1 rings (SSSR count). The first-order valence-corrected chi connectivity index (χ1v) is 6.22. The second-order valence-corrected chi connectivity index (χ2v) is 5.00. The number of aliphatic hydroxyl groups is 1. The van der Waals surface area contributed by atoms with Gasteiger partial charge in [0, 0.05) is 19.4 Å². The topological polar surface area (TPSA) is 63.6 Å². The maximum Gasteiger partial charge on any atom is 0.315 e. The molecule has 0 heterocycles. The molecule has 4 nitrogen and oxygen atoms in total. The number of methoxy groups -OCH3 is 1. The van der Waals surface area contributed by atoms with E-state index in [0.29, 0.717) is 6.42 Å². The van der Waals surface area contributed by atoms with Crippen LogP contribution in [0.3, 0.4) is 0 Å². The summed E-state index contributed by atoms with van der Waals surface area (Å²) in [5.74, 6) is -0.293. The zero-order valence-electron chi connectivity index (χ0n) is 11.6. The Hall–Kier alpha value is -1.68. The van der Waals surface area contributed by atoms with Gasteiger partial charge in [0.25, 0.3) is 0 Å². The lowest BCUT2D eigenvalue weighted by Gasteiger charge is -2.22. The number of rotatable bonds is 6. The van der Waals surface area contributed by atoms with Gasteiger partial charge in [0.1, 0.15) is 5.78 Å². The summed E-state index contributed by atoms with van der Waals surface area (Å²) in [6.07, 6.45) is 0.481. The largest absolute Gasteiger partial charge is 0.468 e. The van der Waals surface area contributed by atoms with Gasteiger partial charge in [-0.2, -0.15) is 0 Å². The third-order valence-corrected chi connectivity index (χ3v) is 3.16. The highest BCUT2D eigenvalue weighted by atomic mass is 16.5. The van der Waals surface area contributed by atoms with Crippen LogP contribution < -0.4 is 0 Å². The molecule has 0 amide bonds. The van der Waals surface area contributed by atoms with Crippen molar-refractivity contribution in [2.24, 2.45) is 0 Å². The molecule has 0 aliphatic heterocycles. The van der Waals surface area contributed by atoms with Crippen molar-refractivity contribution in [2.45, 2.75) is 32.1 Å². The fraction of sp³-hybridized carbons (Fsp3) is 0.467. The fourth-order valence-electron chi connectivity index (χ4n) is 1.85. The van der Waals surface area contributed by atoms with Crippen LogP contribution in [0.25, 0.3) is 0 Å². The molecule has 0 unspecified atom stereocenters. The summed E-state index contributed by atoms with van der Waals surface area (Å²) < 4.78 is 4.78. The van der Waals surface area contributed by atoms with Gasteiger partial charge in [-0.05, 0) is 25.0 Å². The lowest BCUT2D eigenvalue weighted by Crippen LogP contribution is -2.30. The van der Waals surface area contributed by atoms with Gasteiger partial charge in [0.05, 0.1) is 12.5 Å². The number of ether oxygens (including phenoxy) is 1. The summed E-state index contributed by atoms with van der Waals surface area (Å²) in [5.41, 5.74) is 1.02. The minimum atomic E-state index is -0.706. The van der Waals surface area contributed by atoms with E-state index in [1.807, 2.05) is 24.3 Å². The minimum absolute atomic E-state index is 0.00229. The molecule has 4 heteroatoms. The van der Waals surface area contributed by atoms with Crippen LogP contribution in [0.1, 0.15) is 31.4 Å². The lowest BCUT2D eigenvalue weighted by atomic mass is 9.84. The van der Waals surface area contributed by atoms with E-state index in [1.54, 1.807) is 13.8 Å². The van der Waals surface area contributed by atoms with Crippen LogP contribution >= 0.6 is 0 Å². The van der Waals surface area contributed by atoms with Crippen LogP contribution in [0.5, 0.6) is 0 Å². The molecule has 0 aromatic heterocycles. The first-order valence-electron chi connectivity index (χ1n) is 6.22. The van der Waals surface area contributed by atoms with Gasteiger partial charge in [0.15, 0.2) is 0 Å². The third kappa shape index (κ3) is 3.89. The molecular weight excluding hydrogens is 244 g/mol. The molecule has 0 saturated heterocycles. The van der Waals surface area contributed by atoms with Crippen LogP contribution in [0.15, 0.2) is 24.3 Å². The van der Waals surface area contributed by atoms with Crippen molar-refractivity contribution in [3.05, 3.63) is 35.4 Å². The fourth-order valence-corrected chi connectivity index (χ4v) is 1.85. The number of hydrogen-bond donors (Lipinski definition) is 1. The van der Waals surface area contributed by atoms with E-state index in [1.165, 1.54) is 7.11 Å². The van der Waals surface area contributed by atoms with Crippen molar-refractivity contribution in [3.8, 4) is 0 Å². The van der Waals surface area contributed by atoms with Gasteiger partial charge in [-0.3, -0.25) is 9.59 Å². The molecule has 0 aliphatic carbocycles. The number of esters is 1. The number of carbonyl (C=O) groups excluding carboxylic acids is 2. The Balaban J connectivity index is 2.82. The Morgan fingerprint density at radius 2 is 1.79 bits per heavy atom. The smallest absolute Gasteiger partial charge is 0.315 e. The van der Waals surface area contributed by atoms with Crippen molar-refractivity contribution in [3.63, 3.8) is 0 Å². The van der Waals surface area contributed by atoms with E-state index in [4.69, 9.17) is 9.84 Å². The highest BCUT2D eigenvalue weighted by Crippen LogP contribution is 2.25. The summed E-state index contributed by atoms with van der Waals surface area (Å²) in [6, 6.07) is 7.32. The summed E-state index contributed by atoms with van der Waals surface area (Å²) in [7, 11) is 1.37. The molecule has 1 N–H and O–H groups in total. The van der Waals surface area contributed by atoms with E-state index in [0.717, 1.165) is 11.1 Å². The highest BCUT2D eigenvalue weighted by Gasteiger charge is 2.30. The number of Topliss-reactive ketones (excluding diaryl/α,β-unsaturated/α-hetero) is 1. The van der Waals surface area contributed by atoms with Crippen LogP contribution in [-0.2, 0) is 26.2 Å². The molecule has 0 fully saturated rings. The van der Waals surface area contributed by atoms with Crippen molar-refractivity contribution >= 4 is 11.8 Å². The van der Waals surface area contributed by atoms with Crippen LogP contribution in [0.4, 0.5) is 0 Å². The van der Waals surface area contributed by atoms with E-state index < -0.39 is 5.41 Å². The first kappa shape index (κ1) is 15.4.